The Balaban J connectivity index is 1.47. The van der Waals surface area contributed by atoms with Crippen molar-refractivity contribution in [2.45, 2.75) is 19.9 Å². The van der Waals surface area contributed by atoms with Crippen molar-refractivity contribution in [3.05, 3.63) is 71.8 Å². The Morgan fingerprint density at radius 2 is 1.89 bits per heavy atom. The molecule has 146 valence electrons. The molecular weight excluding hydrogens is 352 g/mol. The van der Waals surface area contributed by atoms with Gasteiger partial charge in [-0.2, -0.15) is 5.10 Å². The third kappa shape index (κ3) is 5.09. The minimum absolute atomic E-state index is 0.690. The van der Waals surface area contributed by atoms with Crippen LogP contribution in [0.1, 0.15) is 16.7 Å². The van der Waals surface area contributed by atoms with Crippen molar-refractivity contribution in [3.8, 4) is 11.4 Å². The summed E-state index contributed by atoms with van der Waals surface area (Å²) in [5, 5.41) is 10.8. The van der Waals surface area contributed by atoms with E-state index in [2.05, 4.69) is 56.0 Å². The van der Waals surface area contributed by atoms with Crippen LogP contribution in [0.3, 0.4) is 0 Å². The number of hydrogen-bond acceptors (Lipinski definition) is 4. The fraction of sp³-hybridized carbons (Fsp3) is 0.286. The van der Waals surface area contributed by atoms with Gasteiger partial charge in [-0.3, -0.25) is 4.99 Å². The molecule has 0 saturated heterocycles. The van der Waals surface area contributed by atoms with Crippen LogP contribution in [0, 0.1) is 6.92 Å². The van der Waals surface area contributed by atoms with Crippen LogP contribution in [-0.4, -0.2) is 41.4 Å². The summed E-state index contributed by atoms with van der Waals surface area (Å²) in [7, 11) is 3.48. The molecule has 0 unspecified atom stereocenters. The number of nitrogens with zero attached hydrogens (tertiary/aromatic N) is 4. The quantitative estimate of drug-likeness (QED) is 0.488. The van der Waals surface area contributed by atoms with E-state index in [4.69, 9.17) is 4.74 Å². The first-order valence-corrected chi connectivity index (χ1v) is 9.21. The molecule has 0 atom stereocenters. The van der Waals surface area contributed by atoms with Crippen molar-refractivity contribution in [1.29, 1.82) is 0 Å². The highest BCUT2D eigenvalue weighted by atomic mass is 16.5. The lowest BCUT2D eigenvalue weighted by atomic mass is 10.1. The maximum absolute atomic E-state index is 5.39. The lowest BCUT2D eigenvalue weighted by molar-refractivity contribution is 0.411. The smallest absolute Gasteiger partial charge is 0.191 e. The molecular formula is C21H26N6O. The molecule has 0 aliphatic heterocycles. The predicted octanol–water partition coefficient (Wildman–Crippen LogP) is 2.49. The van der Waals surface area contributed by atoms with Crippen LogP contribution in [0.2, 0.25) is 0 Å². The third-order valence-electron chi connectivity index (χ3n) is 4.48. The molecule has 2 aromatic carbocycles. The second-order valence-corrected chi connectivity index (χ2v) is 6.41. The molecule has 2 N–H and O–H groups in total. The van der Waals surface area contributed by atoms with E-state index < -0.39 is 0 Å². The predicted molar refractivity (Wildman–Crippen MR) is 111 cm³/mol. The van der Waals surface area contributed by atoms with E-state index in [1.54, 1.807) is 25.2 Å². The first-order chi connectivity index (χ1) is 13.7. The zero-order valence-corrected chi connectivity index (χ0v) is 16.5. The number of methoxy groups -OCH3 is 1. The van der Waals surface area contributed by atoms with Gasteiger partial charge in [0, 0.05) is 20.1 Å². The molecule has 3 aromatic rings. The molecule has 3 rings (SSSR count). The number of guanidine groups is 1. The molecule has 28 heavy (non-hydrogen) atoms. The third-order valence-corrected chi connectivity index (χ3v) is 4.48. The van der Waals surface area contributed by atoms with Gasteiger partial charge in [0.05, 0.1) is 12.8 Å². The van der Waals surface area contributed by atoms with Gasteiger partial charge in [-0.05, 0) is 48.2 Å². The van der Waals surface area contributed by atoms with Crippen molar-refractivity contribution in [1.82, 2.24) is 25.4 Å². The monoisotopic (exact) mass is 378 g/mol. The van der Waals surface area contributed by atoms with E-state index in [0.717, 1.165) is 41.5 Å². The largest absolute Gasteiger partial charge is 0.496 e. The molecule has 7 heteroatoms. The van der Waals surface area contributed by atoms with E-state index in [1.807, 2.05) is 19.1 Å². The van der Waals surface area contributed by atoms with Gasteiger partial charge in [0.1, 0.15) is 18.4 Å². The maximum Gasteiger partial charge on any atom is 0.191 e. The molecule has 1 aromatic heterocycles. The summed E-state index contributed by atoms with van der Waals surface area (Å²) in [4.78, 5) is 8.25. The Morgan fingerprint density at radius 3 is 2.57 bits per heavy atom. The summed E-state index contributed by atoms with van der Waals surface area (Å²) in [5.74, 6) is 1.70. The number of aromatic nitrogens is 3. The summed E-state index contributed by atoms with van der Waals surface area (Å²) in [5.41, 5.74) is 4.52. The number of aryl methyl sites for hydroxylation is 1. The molecule has 0 aliphatic carbocycles. The van der Waals surface area contributed by atoms with Crippen molar-refractivity contribution in [2.75, 3.05) is 20.7 Å². The average molecular weight is 378 g/mol. The van der Waals surface area contributed by atoms with Crippen LogP contribution in [0.4, 0.5) is 0 Å². The van der Waals surface area contributed by atoms with E-state index in [1.165, 1.54) is 11.9 Å². The average Bonchev–Trinajstić information content (AvgIpc) is 3.27. The van der Waals surface area contributed by atoms with E-state index in [0.29, 0.717) is 6.54 Å². The summed E-state index contributed by atoms with van der Waals surface area (Å²) in [6.45, 7) is 3.53. The molecule has 0 fully saturated rings. The number of nitrogens with one attached hydrogen (secondary N) is 2. The molecule has 0 bridgehead atoms. The number of rotatable bonds is 7. The molecule has 7 nitrogen and oxygen atoms in total. The van der Waals surface area contributed by atoms with Crippen molar-refractivity contribution in [2.24, 2.45) is 4.99 Å². The first-order valence-electron chi connectivity index (χ1n) is 9.21. The highest BCUT2D eigenvalue weighted by Crippen LogP contribution is 2.19. The SMILES string of the molecule is CN=C(NCCc1ccc(C)c(OC)c1)NCc1ccc(-n2cncn2)cc1. The minimum atomic E-state index is 0.690. The van der Waals surface area contributed by atoms with Crippen LogP contribution < -0.4 is 15.4 Å². The second kappa shape index (κ2) is 9.55. The Kier molecular flexibility index (Phi) is 6.62. The van der Waals surface area contributed by atoms with Crippen molar-refractivity contribution in [3.63, 3.8) is 0 Å². The Bertz CT molecular complexity index is 903. The van der Waals surface area contributed by atoms with Gasteiger partial charge in [0.25, 0.3) is 0 Å². The number of benzene rings is 2. The summed E-state index contributed by atoms with van der Waals surface area (Å²) in [6.07, 6.45) is 4.10. The normalized spacial score (nSPS) is 11.3. The Hall–Kier alpha value is -3.35. The fourth-order valence-corrected chi connectivity index (χ4v) is 2.86. The fourth-order valence-electron chi connectivity index (χ4n) is 2.86. The van der Waals surface area contributed by atoms with Crippen LogP contribution in [-0.2, 0) is 13.0 Å². The number of ether oxygens (including phenoxy) is 1. The molecule has 0 amide bonds. The lowest BCUT2D eigenvalue weighted by Crippen LogP contribution is -2.37. The van der Waals surface area contributed by atoms with Gasteiger partial charge in [0.2, 0.25) is 0 Å². The van der Waals surface area contributed by atoms with E-state index >= 15 is 0 Å². The zero-order valence-electron chi connectivity index (χ0n) is 16.5. The van der Waals surface area contributed by atoms with Gasteiger partial charge in [-0.25, -0.2) is 9.67 Å². The molecule has 0 saturated carbocycles. The van der Waals surface area contributed by atoms with Crippen molar-refractivity contribution < 1.29 is 4.74 Å². The van der Waals surface area contributed by atoms with E-state index in [9.17, 15) is 0 Å². The van der Waals surface area contributed by atoms with Crippen LogP contribution >= 0.6 is 0 Å². The standard InChI is InChI=1S/C21H26N6O/c1-16-4-5-17(12-20(16)28-3)10-11-24-21(22-2)25-13-18-6-8-19(9-7-18)27-15-23-14-26-27/h4-9,12,14-15H,10-11,13H2,1-3H3,(H2,22,24,25). The molecule has 0 aliphatic rings. The lowest BCUT2D eigenvalue weighted by Gasteiger charge is -2.13. The number of hydrogen-bond donors (Lipinski definition) is 2. The van der Waals surface area contributed by atoms with Crippen molar-refractivity contribution >= 4 is 5.96 Å². The van der Waals surface area contributed by atoms with Crippen LogP contribution in [0.15, 0.2) is 60.1 Å². The maximum atomic E-state index is 5.39. The van der Waals surface area contributed by atoms with Gasteiger partial charge in [-0.1, -0.05) is 24.3 Å². The van der Waals surface area contributed by atoms with Crippen LogP contribution in [0.5, 0.6) is 5.75 Å². The molecule has 0 spiro atoms. The van der Waals surface area contributed by atoms with Gasteiger partial charge < -0.3 is 15.4 Å². The summed E-state index contributed by atoms with van der Waals surface area (Å²) in [6, 6.07) is 14.5. The second-order valence-electron chi connectivity index (χ2n) is 6.41. The minimum Gasteiger partial charge on any atom is -0.496 e. The Labute approximate surface area is 165 Å². The summed E-state index contributed by atoms with van der Waals surface area (Å²) < 4.78 is 7.12. The zero-order chi connectivity index (χ0) is 19.8. The summed E-state index contributed by atoms with van der Waals surface area (Å²) >= 11 is 0. The van der Waals surface area contributed by atoms with Gasteiger partial charge >= 0.3 is 0 Å². The number of aliphatic imine (C=N–C) groups is 1. The highest BCUT2D eigenvalue weighted by Gasteiger charge is 2.03. The highest BCUT2D eigenvalue weighted by molar-refractivity contribution is 5.79. The first kappa shape index (κ1) is 19.4. The van der Waals surface area contributed by atoms with Crippen LogP contribution in [0.25, 0.3) is 5.69 Å². The molecule has 1 heterocycles. The van der Waals surface area contributed by atoms with Gasteiger partial charge in [-0.15, -0.1) is 0 Å². The van der Waals surface area contributed by atoms with E-state index in [-0.39, 0.29) is 0 Å². The molecule has 0 radical (unpaired) electrons. The van der Waals surface area contributed by atoms with Gasteiger partial charge in [0.15, 0.2) is 5.96 Å². The topological polar surface area (TPSA) is 76.4 Å². The Morgan fingerprint density at radius 1 is 1.11 bits per heavy atom.